The largest absolute Gasteiger partial charge is 0.492 e. The second-order valence-electron chi connectivity index (χ2n) is 6.33. The lowest BCUT2D eigenvalue weighted by Gasteiger charge is -2.15. The Kier molecular flexibility index (Phi) is 6.49. The predicted molar refractivity (Wildman–Crippen MR) is 106 cm³/mol. The molecule has 0 aliphatic carbocycles. The van der Waals surface area contributed by atoms with Crippen LogP contribution in [0.4, 0.5) is 6.01 Å². The molecule has 0 bridgehead atoms. The first-order valence-corrected chi connectivity index (χ1v) is 8.99. The van der Waals surface area contributed by atoms with E-state index in [2.05, 4.69) is 4.98 Å². The van der Waals surface area contributed by atoms with E-state index in [4.69, 9.17) is 18.6 Å². The molecule has 0 saturated heterocycles. The molecule has 28 heavy (non-hydrogen) atoms. The van der Waals surface area contributed by atoms with E-state index < -0.39 is 6.10 Å². The van der Waals surface area contributed by atoms with Crippen molar-refractivity contribution in [3.05, 3.63) is 54.1 Å². The second-order valence-corrected chi connectivity index (χ2v) is 6.33. The van der Waals surface area contributed by atoms with Crippen LogP contribution < -0.4 is 9.64 Å². The van der Waals surface area contributed by atoms with E-state index >= 15 is 0 Å². The predicted octanol–water partition coefficient (Wildman–Crippen LogP) is 3.07. The van der Waals surface area contributed by atoms with Crippen molar-refractivity contribution in [1.29, 1.82) is 0 Å². The van der Waals surface area contributed by atoms with Crippen LogP contribution in [0, 0.1) is 0 Å². The summed E-state index contributed by atoms with van der Waals surface area (Å²) in [6.07, 6.45) is -0.161. The van der Waals surface area contributed by atoms with Crippen LogP contribution in [0.2, 0.25) is 0 Å². The van der Waals surface area contributed by atoms with E-state index in [0.29, 0.717) is 25.6 Å². The number of ether oxygens (including phenoxy) is 3. The van der Waals surface area contributed by atoms with Crippen LogP contribution in [0.5, 0.6) is 5.75 Å². The lowest BCUT2D eigenvalue weighted by Crippen LogP contribution is -2.26. The molecule has 0 saturated carbocycles. The molecule has 1 atom stereocenters. The third-order valence-corrected chi connectivity index (χ3v) is 4.40. The number of rotatable bonds is 9. The average molecular weight is 384 g/mol. The maximum Gasteiger partial charge on any atom is 0.335 e. The van der Waals surface area contributed by atoms with Crippen LogP contribution in [-0.4, -0.2) is 51.5 Å². The molecule has 0 aliphatic rings. The maximum absolute atomic E-state index is 11.6. The number of benzene rings is 2. The standard InChI is InChI=1S/C21H24N2O5/c1-23(21-22-17-6-4-5-7-18(17)28-21)12-13-27-16-10-8-15(9-11-16)14-19(25-2)20(24)26-3/h4-11,19H,12-14H2,1-3H3. The summed E-state index contributed by atoms with van der Waals surface area (Å²) in [5.41, 5.74) is 2.57. The Bertz CT molecular complexity index is 874. The second kappa shape index (κ2) is 9.23. The summed E-state index contributed by atoms with van der Waals surface area (Å²) in [5, 5.41) is 0. The Labute approximate surface area is 163 Å². The van der Waals surface area contributed by atoms with E-state index in [9.17, 15) is 4.79 Å². The molecule has 2 aromatic carbocycles. The minimum atomic E-state index is -0.610. The van der Waals surface area contributed by atoms with Crippen molar-refractivity contribution in [1.82, 2.24) is 4.98 Å². The van der Waals surface area contributed by atoms with Crippen molar-refractivity contribution in [3.63, 3.8) is 0 Å². The number of nitrogens with zero attached hydrogens (tertiary/aromatic N) is 2. The van der Waals surface area contributed by atoms with Gasteiger partial charge in [0.25, 0.3) is 6.01 Å². The molecule has 148 valence electrons. The molecule has 1 heterocycles. The lowest BCUT2D eigenvalue weighted by molar-refractivity contribution is -0.152. The van der Waals surface area contributed by atoms with Crippen LogP contribution in [0.15, 0.2) is 52.9 Å². The van der Waals surface area contributed by atoms with Gasteiger partial charge in [0.15, 0.2) is 11.7 Å². The molecular formula is C21H24N2O5. The molecule has 0 N–H and O–H groups in total. The number of carbonyl (C=O) groups is 1. The summed E-state index contributed by atoms with van der Waals surface area (Å²) in [5.74, 6) is 0.367. The molecule has 0 aliphatic heterocycles. The maximum atomic E-state index is 11.6. The van der Waals surface area contributed by atoms with Gasteiger partial charge in [-0.3, -0.25) is 0 Å². The fourth-order valence-electron chi connectivity index (χ4n) is 2.75. The van der Waals surface area contributed by atoms with Gasteiger partial charge in [-0.25, -0.2) is 4.79 Å². The Morgan fingerprint density at radius 1 is 1.14 bits per heavy atom. The number of para-hydroxylation sites is 2. The van der Waals surface area contributed by atoms with Gasteiger partial charge in [0.2, 0.25) is 0 Å². The van der Waals surface area contributed by atoms with Gasteiger partial charge in [-0.05, 0) is 29.8 Å². The molecule has 0 spiro atoms. The van der Waals surface area contributed by atoms with E-state index in [-0.39, 0.29) is 5.97 Å². The first-order chi connectivity index (χ1) is 13.6. The highest BCUT2D eigenvalue weighted by Gasteiger charge is 2.18. The number of esters is 1. The van der Waals surface area contributed by atoms with Crippen molar-refractivity contribution < 1.29 is 23.4 Å². The van der Waals surface area contributed by atoms with Crippen molar-refractivity contribution in [2.75, 3.05) is 39.3 Å². The first-order valence-electron chi connectivity index (χ1n) is 8.99. The molecule has 1 aromatic heterocycles. The number of hydrogen-bond donors (Lipinski definition) is 0. The Hall–Kier alpha value is -3.06. The van der Waals surface area contributed by atoms with Gasteiger partial charge in [-0.15, -0.1) is 0 Å². The zero-order chi connectivity index (χ0) is 19.9. The molecule has 7 nitrogen and oxygen atoms in total. The number of likely N-dealkylation sites (N-methyl/N-ethyl adjacent to an activating group) is 1. The number of aromatic nitrogens is 1. The highest BCUT2D eigenvalue weighted by atomic mass is 16.6. The number of oxazole rings is 1. The Morgan fingerprint density at radius 3 is 2.57 bits per heavy atom. The van der Waals surface area contributed by atoms with E-state index in [0.717, 1.165) is 22.4 Å². The highest BCUT2D eigenvalue weighted by molar-refractivity contribution is 5.75. The molecule has 3 rings (SSSR count). The third-order valence-electron chi connectivity index (χ3n) is 4.40. The number of hydrogen-bond acceptors (Lipinski definition) is 7. The Morgan fingerprint density at radius 2 is 1.89 bits per heavy atom. The van der Waals surface area contributed by atoms with Crippen LogP contribution in [0.3, 0.4) is 0 Å². The van der Waals surface area contributed by atoms with Gasteiger partial charge in [-0.1, -0.05) is 24.3 Å². The number of anilines is 1. The van der Waals surface area contributed by atoms with Crippen LogP contribution in [0.1, 0.15) is 5.56 Å². The summed E-state index contributed by atoms with van der Waals surface area (Å²) in [7, 11) is 4.75. The normalized spacial score (nSPS) is 12.0. The molecule has 1 unspecified atom stereocenters. The smallest absolute Gasteiger partial charge is 0.335 e. The molecular weight excluding hydrogens is 360 g/mol. The highest BCUT2D eigenvalue weighted by Crippen LogP contribution is 2.20. The summed E-state index contributed by atoms with van der Waals surface area (Å²) in [6.45, 7) is 1.11. The molecule has 7 heteroatoms. The summed E-state index contributed by atoms with van der Waals surface area (Å²) >= 11 is 0. The number of fused-ring (bicyclic) bond motifs is 1. The third kappa shape index (κ3) is 4.80. The van der Waals surface area contributed by atoms with E-state index in [1.54, 1.807) is 0 Å². The quantitative estimate of drug-likeness (QED) is 0.525. The van der Waals surface area contributed by atoms with Crippen LogP contribution >= 0.6 is 0 Å². The zero-order valence-electron chi connectivity index (χ0n) is 16.3. The first kappa shape index (κ1) is 19.7. The average Bonchev–Trinajstić information content (AvgIpc) is 3.17. The summed E-state index contributed by atoms with van der Waals surface area (Å²) in [4.78, 5) is 18.0. The van der Waals surface area contributed by atoms with Gasteiger partial charge >= 0.3 is 5.97 Å². The minimum Gasteiger partial charge on any atom is -0.492 e. The van der Waals surface area contributed by atoms with E-state index in [1.165, 1.54) is 14.2 Å². The molecule has 3 aromatic rings. The lowest BCUT2D eigenvalue weighted by atomic mass is 10.1. The van der Waals surface area contributed by atoms with Crippen molar-refractivity contribution in [3.8, 4) is 5.75 Å². The van der Waals surface area contributed by atoms with Crippen molar-refractivity contribution >= 4 is 23.1 Å². The SMILES string of the molecule is COC(=O)C(Cc1ccc(OCCN(C)c2nc3ccccc3o2)cc1)OC. The summed E-state index contributed by atoms with van der Waals surface area (Å²) < 4.78 is 21.4. The zero-order valence-corrected chi connectivity index (χ0v) is 16.3. The van der Waals surface area contributed by atoms with Gasteiger partial charge in [0, 0.05) is 20.6 Å². The van der Waals surface area contributed by atoms with Crippen LogP contribution in [0.25, 0.3) is 11.1 Å². The van der Waals surface area contributed by atoms with Gasteiger partial charge in [0.1, 0.15) is 17.9 Å². The summed E-state index contributed by atoms with van der Waals surface area (Å²) in [6, 6.07) is 15.8. The van der Waals surface area contributed by atoms with Crippen LogP contribution in [-0.2, 0) is 20.7 Å². The van der Waals surface area contributed by atoms with Crippen molar-refractivity contribution in [2.45, 2.75) is 12.5 Å². The van der Waals surface area contributed by atoms with Gasteiger partial charge in [-0.2, -0.15) is 4.98 Å². The van der Waals surface area contributed by atoms with Crippen molar-refractivity contribution in [2.24, 2.45) is 0 Å². The number of carbonyl (C=O) groups excluding carboxylic acids is 1. The van der Waals surface area contributed by atoms with Gasteiger partial charge < -0.3 is 23.5 Å². The minimum absolute atomic E-state index is 0.384. The molecule has 0 amide bonds. The Balaban J connectivity index is 1.50. The fourth-order valence-corrected chi connectivity index (χ4v) is 2.75. The molecule has 0 radical (unpaired) electrons. The molecule has 0 fully saturated rings. The monoisotopic (exact) mass is 384 g/mol. The topological polar surface area (TPSA) is 74.0 Å². The number of methoxy groups -OCH3 is 2. The van der Waals surface area contributed by atoms with E-state index in [1.807, 2.05) is 60.5 Å². The fraction of sp³-hybridized carbons (Fsp3) is 0.333. The van der Waals surface area contributed by atoms with Gasteiger partial charge in [0.05, 0.1) is 13.7 Å².